The molecule has 1 aromatic heterocycles. The molecule has 3 aromatic rings. The average molecular weight is 409 g/mol. The molecule has 0 spiro atoms. The molecule has 0 radical (unpaired) electrons. The summed E-state index contributed by atoms with van der Waals surface area (Å²) in [5, 5.41) is 11.2. The van der Waals surface area contributed by atoms with E-state index in [4.69, 9.17) is 0 Å². The lowest BCUT2D eigenvalue weighted by molar-refractivity contribution is 0.101. The number of hydrogen-bond donors (Lipinski definition) is 1. The first-order valence-corrected chi connectivity index (χ1v) is 9.64. The maximum absolute atomic E-state index is 13.8. The highest BCUT2D eigenvalue weighted by atomic mass is 19.1. The third kappa shape index (κ3) is 4.28. The Labute approximate surface area is 173 Å². The lowest BCUT2D eigenvalue weighted by Gasteiger charge is -2.32. The smallest absolute Gasteiger partial charge is 0.261 e. The molecule has 0 atom stereocenters. The second kappa shape index (κ2) is 8.54. The van der Waals surface area contributed by atoms with Crippen LogP contribution in [0.1, 0.15) is 10.4 Å². The summed E-state index contributed by atoms with van der Waals surface area (Å²) in [6.45, 7) is 3.76. The molecule has 2 heterocycles. The molecule has 154 valence electrons. The van der Waals surface area contributed by atoms with Crippen LogP contribution in [0.25, 0.3) is 11.3 Å². The average Bonchev–Trinajstić information content (AvgIpc) is 2.74. The van der Waals surface area contributed by atoms with E-state index in [1.165, 1.54) is 6.07 Å². The Morgan fingerprint density at radius 1 is 0.933 bits per heavy atom. The quantitative estimate of drug-likeness (QED) is 0.716. The maximum atomic E-state index is 13.8. The van der Waals surface area contributed by atoms with Gasteiger partial charge in [0, 0.05) is 37.4 Å². The summed E-state index contributed by atoms with van der Waals surface area (Å²) in [7, 11) is 2.10. The van der Waals surface area contributed by atoms with Gasteiger partial charge < -0.3 is 15.1 Å². The largest absolute Gasteiger partial charge is 0.353 e. The number of nitrogens with one attached hydrogen (secondary N) is 1. The number of nitrogens with zero attached hydrogens (tertiary/aromatic N) is 4. The lowest BCUT2D eigenvalue weighted by atomic mass is 10.1. The van der Waals surface area contributed by atoms with Gasteiger partial charge in [0.15, 0.2) is 5.82 Å². The minimum Gasteiger partial charge on any atom is -0.353 e. The van der Waals surface area contributed by atoms with Crippen molar-refractivity contribution in [3.63, 3.8) is 0 Å². The molecule has 1 amide bonds. The zero-order valence-corrected chi connectivity index (χ0v) is 16.5. The summed E-state index contributed by atoms with van der Waals surface area (Å²) < 4.78 is 27.7. The first kappa shape index (κ1) is 19.9. The second-order valence-corrected chi connectivity index (χ2v) is 7.20. The van der Waals surface area contributed by atoms with Crippen molar-refractivity contribution in [1.29, 1.82) is 0 Å². The number of carbonyl (C=O) groups is 1. The Balaban J connectivity index is 1.50. The summed E-state index contributed by atoms with van der Waals surface area (Å²) in [6, 6.07) is 14.0. The molecule has 4 rings (SSSR count). The molecular weight excluding hydrogens is 388 g/mol. The number of halogens is 2. The number of aromatic nitrogens is 2. The van der Waals surface area contributed by atoms with Crippen LogP contribution >= 0.6 is 0 Å². The molecule has 8 heteroatoms. The van der Waals surface area contributed by atoms with E-state index in [-0.39, 0.29) is 0 Å². The summed E-state index contributed by atoms with van der Waals surface area (Å²) in [5.41, 5.74) is 1.17. The van der Waals surface area contributed by atoms with Crippen LogP contribution in [-0.4, -0.2) is 54.2 Å². The van der Waals surface area contributed by atoms with Gasteiger partial charge in [0.25, 0.3) is 5.91 Å². The molecule has 2 aromatic carbocycles. The van der Waals surface area contributed by atoms with Gasteiger partial charge in [0.05, 0.1) is 5.69 Å². The van der Waals surface area contributed by atoms with Crippen LogP contribution < -0.4 is 10.2 Å². The van der Waals surface area contributed by atoms with Crippen LogP contribution in [0.4, 0.5) is 20.3 Å². The number of carbonyl (C=O) groups excluding carboxylic acids is 1. The third-order valence-corrected chi connectivity index (χ3v) is 5.08. The molecule has 0 bridgehead atoms. The van der Waals surface area contributed by atoms with Gasteiger partial charge in [-0.2, -0.15) is 0 Å². The van der Waals surface area contributed by atoms with Crippen LogP contribution in [0.5, 0.6) is 0 Å². The molecule has 1 saturated heterocycles. The van der Waals surface area contributed by atoms with Crippen LogP contribution in [-0.2, 0) is 0 Å². The molecule has 0 saturated carbocycles. The normalized spacial score (nSPS) is 14.6. The van der Waals surface area contributed by atoms with Crippen molar-refractivity contribution in [1.82, 2.24) is 15.1 Å². The van der Waals surface area contributed by atoms with Gasteiger partial charge in [0.1, 0.15) is 17.2 Å². The van der Waals surface area contributed by atoms with E-state index in [2.05, 4.69) is 32.4 Å². The highest BCUT2D eigenvalue weighted by Gasteiger charge is 2.18. The number of piperazine rings is 1. The van der Waals surface area contributed by atoms with Crippen LogP contribution in [0.3, 0.4) is 0 Å². The predicted molar refractivity (Wildman–Crippen MR) is 111 cm³/mol. The number of benzene rings is 2. The molecular formula is C22H21F2N5O. The van der Waals surface area contributed by atoms with E-state index in [0.29, 0.717) is 11.4 Å². The fraction of sp³-hybridized carbons (Fsp3) is 0.227. The highest BCUT2D eigenvalue weighted by molar-refractivity contribution is 6.04. The van der Waals surface area contributed by atoms with E-state index >= 15 is 0 Å². The Bertz CT molecular complexity index is 1030. The van der Waals surface area contributed by atoms with Gasteiger partial charge in [0.2, 0.25) is 0 Å². The van der Waals surface area contributed by atoms with Crippen molar-refractivity contribution in [2.24, 2.45) is 0 Å². The minimum absolute atomic E-state index is 0.407. The SMILES string of the molecule is CN1CCN(c2ccc(-c3cccc(NC(=O)c4c(F)cccc4F)c3)nn2)CC1. The summed E-state index contributed by atoms with van der Waals surface area (Å²) >= 11 is 0. The van der Waals surface area contributed by atoms with E-state index in [1.54, 1.807) is 18.2 Å². The monoisotopic (exact) mass is 409 g/mol. The molecule has 1 N–H and O–H groups in total. The molecule has 0 aliphatic carbocycles. The van der Waals surface area contributed by atoms with Gasteiger partial charge in [-0.1, -0.05) is 18.2 Å². The molecule has 1 aliphatic rings. The third-order valence-electron chi connectivity index (χ3n) is 5.08. The van der Waals surface area contributed by atoms with E-state index in [0.717, 1.165) is 49.7 Å². The van der Waals surface area contributed by atoms with Crippen LogP contribution in [0.2, 0.25) is 0 Å². The fourth-order valence-corrected chi connectivity index (χ4v) is 3.35. The van der Waals surface area contributed by atoms with Crippen molar-refractivity contribution >= 4 is 17.4 Å². The number of likely N-dealkylation sites (N-methyl/N-ethyl adjacent to an activating group) is 1. The summed E-state index contributed by atoms with van der Waals surface area (Å²) in [4.78, 5) is 16.8. The Morgan fingerprint density at radius 3 is 2.30 bits per heavy atom. The van der Waals surface area contributed by atoms with Crippen LogP contribution in [0, 0.1) is 11.6 Å². The Kier molecular flexibility index (Phi) is 5.67. The van der Waals surface area contributed by atoms with Crippen LogP contribution in [0.15, 0.2) is 54.6 Å². The molecule has 1 fully saturated rings. The zero-order chi connectivity index (χ0) is 21.1. The number of hydrogen-bond acceptors (Lipinski definition) is 5. The number of amides is 1. The second-order valence-electron chi connectivity index (χ2n) is 7.20. The first-order valence-electron chi connectivity index (χ1n) is 9.64. The Morgan fingerprint density at radius 2 is 1.63 bits per heavy atom. The van der Waals surface area contributed by atoms with Gasteiger partial charge in [-0.15, -0.1) is 10.2 Å². The van der Waals surface area contributed by atoms with E-state index < -0.39 is 23.1 Å². The number of anilines is 2. The van der Waals surface area contributed by atoms with Gasteiger partial charge in [-0.25, -0.2) is 8.78 Å². The van der Waals surface area contributed by atoms with Crippen molar-refractivity contribution in [2.75, 3.05) is 43.4 Å². The summed E-state index contributed by atoms with van der Waals surface area (Å²) in [6.07, 6.45) is 0. The summed E-state index contributed by atoms with van der Waals surface area (Å²) in [5.74, 6) is -1.84. The van der Waals surface area contributed by atoms with E-state index in [9.17, 15) is 13.6 Å². The van der Waals surface area contributed by atoms with E-state index in [1.807, 2.05) is 18.2 Å². The Hall–Kier alpha value is -3.39. The van der Waals surface area contributed by atoms with Crippen molar-refractivity contribution in [3.8, 4) is 11.3 Å². The molecule has 30 heavy (non-hydrogen) atoms. The minimum atomic E-state index is -0.908. The molecule has 1 aliphatic heterocycles. The van der Waals surface area contributed by atoms with Crippen molar-refractivity contribution < 1.29 is 13.6 Å². The topological polar surface area (TPSA) is 61.4 Å². The first-order chi connectivity index (χ1) is 14.5. The lowest BCUT2D eigenvalue weighted by Crippen LogP contribution is -2.44. The standard InChI is InChI=1S/C22H21F2N5O/c1-28-10-12-29(13-11-28)20-9-8-19(26-27-20)15-4-2-5-16(14-15)25-22(30)21-17(23)6-3-7-18(21)24/h2-9,14H,10-13H2,1H3,(H,25,30). The van der Waals surface area contributed by atoms with Gasteiger partial charge >= 0.3 is 0 Å². The van der Waals surface area contributed by atoms with Crippen molar-refractivity contribution in [2.45, 2.75) is 0 Å². The highest BCUT2D eigenvalue weighted by Crippen LogP contribution is 2.23. The maximum Gasteiger partial charge on any atom is 0.261 e. The number of rotatable bonds is 4. The molecule has 0 unspecified atom stereocenters. The molecule has 6 nitrogen and oxygen atoms in total. The fourth-order valence-electron chi connectivity index (χ4n) is 3.35. The van der Waals surface area contributed by atoms with Crippen molar-refractivity contribution in [3.05, 3.63) is 71.8 Å². The zero-order valence-electron chi connectivity index (χ0n) is 16.5. The van der Waals surface area contributed by atoms with Gasteiger partial charge in [-0.3, -0.25) is 4.79 Å². The van der Waals surface area contributed by atoms with Gasteiger partial charge in [-0.05, 0) is 43.4 Å². The predicted octanol–water partition coefficient (Wildman–Crippen LogP) is 3.43.